The molecule has 0 aliphatic carbocycles. The highest BCUT2D eigenvalue weighted by atomic mass is 15.6. The maximum absolute atomic E-state index is 5.69. The van der Waals surface area contributed by atoms with Gasteiger partial charge >= 0.3 is 0 Å². The molecule has 1 atom stereocenters. The van der Waals surface area contributed by atoms with Gasteiger partial charge in [-0.05, 0) is 12.5 Å². The largest absolute Gasteiger partial charge is 0.355 e. The Kier molecular flexibility index (Phi) is 3.73. The Balaban J connectivity index is 2.60. The molecule has 0 amide bonds. The van der Waals surface area contributed by atoms with Crippen LogP contribution >= 0.6 is 0 Å². The first-order valence-electron chi connectivity index (χ1n) is 4.70. The van der Waals surface area contributed by atoms with Crippen molar-refractivity contribution >= 4 is 0 Å². The smallest absolute Gasteiger partial charge is 0.146 e. The van der Waals surface area contributed by atoms with Crippen LogP contribution in [0, 0.1) is 0 Å². The molecule has 4 nitrogen and oxygen atoms in total. The van der Waals surface area contributed by atoms with Crippen LogP contribution in [0.4, 0.5) is 0 Å². The van der Waals surface area contributed by atoms with E-state index in [9.17, 15) is 0 Å². The fourth-order valence-electron chi connectivity index (χ4n) is 1.13. The van der Waals surface area contributed by atoms with Crippen LogP contribution in [0.5, 0.6) is 0 Å². The molecule has 1 heterocycles. The molecule has 0 aromatic rings. The zero-order valence-electron chi connectivity index (χ0n) is 8.75. The van der Waals surface area contributed by atoms with Gasteiger partial charge in [-0.25, -0.2) is 0 Å². The molecule has 0 aromatic carbocycles. The lowest BCUT2D eigenvalue weighted by atomic mass is 10.2. The van der Waals surface area contributed by atoms with Gasteiger partial charge < -0.3 is 10.3 Å². The fourth-order valence-corrected chi connectivity index (χ4v) is 1.13. The van der Waals surface area contributed by atoms with Crippen LogP contribution < -0.4 is 16.5 Å². The Morgan fingerprint density at radius 1 is 1.79 bits per heavy atom. The van der Waals surface area contributed by atoms with Gasteiger partial charge in [-0.3, -0.25) is 5.73 Å². The van der Waals surface area contributed by atoms with E-state index < -0.39 is 0 Å². The van der Waals surface area contributed by atoms with E-state index in [1.807, 2.05) is 30.4 Å². The molecular formula is C10H18N4. The lowest BCUT2D eigenvalue weighted by Crippen LogP contribution is -2.56. The zero-order chi connectivity index (χ0) is 10.6. The van der Waals surface area contributed by atoms with Crippen LogP contribution in [0.1, 0.15) is 13.3 Å². The van der Waals surface area contributed by atoms with Crippen molar-refractivity contribution in [2.75, 3.05) is 7.05 Å². The summed E-state index contributed by atoms with van der Waals surface area (Å²) in [5, 5.41) is 4.91. The van der Waals surface area contributed by atoms with E-state index in [0.717, 1.165) is 17.7 Å². The average Bonchev–Trinajstić information content (AvgIpc) is 2.12. The van der Waals surface area contributed by atoms with E-state index in [1.165, 1.54) is 0 Å². The number of rotatable bonds is 3. The predicted molar refractivity (Wildman–Crippen MR) is 58.7 cm³/mol. The Morgan fingerprint density at radius 3 is 3.07 bits per heavy atom. The van der Waals surface area contributed by atoms with Gasteiger partial charge in [0.05, 0.1) is 5.70 Å². The summed E-state index contributed by atoms with van der Waals surface area (Å²) in [6, 6.07) is 0. The number of hydrazine groups is 1. The van der Waals surface area contributed by atoms with Crippen molar-refractivity contribution in [1.29, 1.82) is 0 Å². The van der Waals surface area contributed by atoms with Crippen LogP contribution in [0.2, 0.25) is 0 Å². The van der Waals surface area contributed by atoms with Crippen molar-refractivity contribution in [1.82, 2.24) is 15.8 Å². The summed E-state index contributed by atoms with van der Waals surface area (Å²) in [6.45, 7) is 5.97. The van der Waals surface area contributed by atoms with Crippen LogP contribution in [0.25, 0.3) is 0 Å². The van der Waals surface area contributed by atoms with Crippen molar-refractivity contribution in [2.24, 2.45) is 5.73 Å². The van der Waals surface area contributed by atoms with E-state index in [1.54, 1.807) is 0 Å². The molecule has 0 aromatic heterocycles. The lowest BCUT2D eigenvalue weighted by Gasteiger charge is -2.29. The van der Waals surface area contributed by atoms with Gasteiger partial charge in [-0.15, -0.1) is 0 Å². The molecule has 0 fully saturated rings. The first-order chi connectivity index (χ1) is 6.61. The van der Waals surface area contributed by atoms with Crippen LogP contribution in [0.15, 0.2) is 36.2 Å². The lowest BCUT2D eigenvalue weighted by molar-refractivity contribution is 0.233. The number of hydrogen-bond acceptors (Lipinski definition) is 4. The second kappa shape index (κ2) is 4.83. The number of nitrogens with one attached hydrogen (secondary N) is 2. The SMILES string of the molecule is C=C(/C=C\C1=CN(C)NC(N)N1)CC. The van der Waals surface area contributed by atoms with Crippen LogP contribution in [-0.4, -0.2) is 18.3 Å². The molecular weight excluding hydrogens is 176 g/mol. The normalized spacial score (nSPS) is 22.1. The van der Waals surface area contributed by atoms with Crippen molar-refractivity contribution in [3.05, 3.63) is 36.2 Å². The van der Waals surface area contributed by atoms with E-state index in [2.05, 4.69) is 24.2 Å². The maximum atomic E-state index is 5.69. The highest BCUT2D eigenvalue weighted by Crippen LogP contribution is 2.04. The zero-order valence-corrected chi connectivity index (χ0v) is 8.75. The third-order valence-electron chi connectivity index (χ3n) is 1.95. The van der Waals surface area contributed by atoms with Gasteiger partial charge in [0.15, 0.2) is 0 Å². The number of allylic oxidation sites excluding steroid dienone is 3. The molecule has 1 aliphatic heterocycles. The summed E-state index contributed by atoms with van der Waals surface area (Å²) < 4.78 is 0. The third-order valence-corrected chi connectivity index (χ3v) is 1.95. The monoisotopic (exact) mass is 194 g/mol. The summed E-state index contributed by atoms with van der Waals surface area (Å²) in [7, 11) is 1.91. The van der Waals surface area contributed by atoms with Crippen molar-refractivity contribution < 1.29 is 0 Å². The fraction of sp³-hybridized carbons (Fsp3) is 0.400. The molecule has 0 saturated carbocycles. The van der Waals surface area contributed by atoms with Gasteiger partial charge in [-0.2, -0.15) is 5.43 Å². The highest BCUT2D eigenvalue weighted by Gasteiger charge is 2.09. The Hall–Kier alpha value is -1.26. The maximum Gasteiger partial charge on any atom is 0.146 e. The van der Waals surface area contributed by atoms with Crippen molar-refractivity contribution in [2.45, 2.75) is 19.6 Å². The minimum absolute atomic E-state index is 0.237. The molecule has 1 rings (SSSR count). The van der Waals surface area contributed by atoms with Gasteiger partial charge in [-0.1, -0.05) is 25.2 Å². The Bertz CT molecular complexity index is 267. The van der Waals surface area contributed by atoms with Crippen molar-refractivity contribution in [3.63, 3.8) is 0 Å². The molecule has 1 unspecified atom stereocenters. The quantitative estimate of drug-likeness (QED) is 0.577. The Labute approximate surface area is 85.1 Å². The third kappa shape index (κ3) is 3.24. The van der Waals surface area contributed by atoms with Gasteiger partial charge in [0.1, 0.15) is 6.29 Å². The average molecular weight is 194 g/mol. The Morgan fingerprint density at radius 2 is 2.50 bits per heavy atom. The predicted octanol–water partition coefficient (Wildman–Crippen LogP) is 0.632. The summed E-state index contributed by atoms with van der Waals surface area (Å²) in [5.41, 5.74) is 10.8. The van der Waals surface area contributed by atoms with E-state index in [0.29, 0.717) is 0 Å². The van der Waals surface area contributed by atoms with Crippen molar-refractivity contribution in [3.8, 4) is 0 Å². The molecule has 4 N–H and O–H groups in total. The van der Waals surface area contributed by atoms with E-state index in [4.69, 9.17) is 5.73 Å². The summed E-state index contributed by atoms with van der Waals surface area (Å²) >= 11 is 0. The first kappa shape index (κ1) is 10.8. The minimum Gasteiger partial charge on any atom is -0.355 e. The summed E-state index contributed by atoms with van der Waals surface area (Å²) in [4.78, 5) is 0. The molecule has 4 heteroatoms. The molecule has 0 radical (unpaired) electrons. The van der Waals surface area contributed by atoms with E-state index >= 15 is 0 Å². The van der Waals surface area contributed by atoms with Crippen LogP contribution in [0.3, 0.4) is 0 Å². The standard InChI is InChI=1S/C10H18N4/c1-4-8(2)5-6-9-7-14(3)13-10(11)12-9/h5-7,10,12-13H,2,4,11H2,1,3H3/b6-5-. The second-order valence-corrected chi connectivity index (χ2v) is 3.29. The number of nitrogens with two attached hydrogens (primary N) is 1. The van der Waals surface area contributed by atoms with Gasteiger partial charge in [0.2, 0.25) is 0 Å². The summed E-state index contributed by atoms with van der Waals surface area (Å²) in [5.74, 6) is 0. The highest BCUT2D eigenvalue weighted by molar-refractivity contribution is 5.25. The van der Waals surface area contributed by atoms with Crippen LogP contribution in [-0.2, 0) is 0 Å². The molecule has 0 spiro atoms. The topological polar surface area (TPSA) is 53.3 Å². The minimum atomic E-state index is -0.237. The molecule has 14 heavy (non-hydrogen) atoms. The van der Waals surface area contributed by atoms with E-state index in [-0.39, 0.29) is 6.29 Å². The molecule has 78 valence electrons. The molecule has 1 aliphatic rings. The summed E-state index contributed by atoms with van der Waals surface area (Å²) in [6.07, 6.45) is 6.63. The number of nitrogens with zero attached hydrogens (tertiary/aromatic N) is 1. The van der Waals surface area contributed by atoms with Gasteiger partial charge in [0.25, 0.3) is 0 Å². The number of hydrogen-bond donors (Lipinski definition) is 3. The molecule has 0 saturated heterocycles. The second-order valence-electron chi connectivity index (χ2n) is 3.29. The van der Waals surface area contributed by atoms with Gasteiger partial charge in [0, 0.05) is 13.2 Å². The first-order valence-corrected chi connectivity index (χ1v) is 4.70. The molecule has 0 bridgehead atoms.